The Bertz CT molecular complexity index is 1050. The monoisotopic (exact) mass is 482 g/mol. The van der Waals surface area contributed by atoms with Crippen molar-refractivity contribution in [2.45, 2.75) is 47.1 Å². The van der Waals surface area contributed by atoms with E-state index in [1.54, 1.807) is 25.7 Å². The van der Waals surface area contributed by atoms with Crippen LogP contribution in [0.15, 0.2) is 24.3 Å². The number of hydrogen-bond acceptors (Lipinski definition) is 5. The first-order valence-corrected chi connectivity index (χ1v) is 12.3. The van der Waals surface area contributed by atoms with Gasteiger partial charge in [0, 0.05) is 51.0 Å². The number of likely N-dealkylation sites (tertiary alicyclic amines) is 1. The van der Waals surface area contributed by atoms with Crippen LogP contribution < -0.4 is 10.2 Å². The third kappa shape index (κ3) is 6.05. The molecule has 1 saturated heterocycles. The maximum atomic E-state index is 13.2. The van der Waals surface area contributed by atoms with Crippen LogP contribution in [0, 0.1) is 25.7 Å². The molecule has 8 heteroatoms. The van der Waals surface area contributed by atoms with Gasteiger partial charge in [-0.25, -0.2) is 4.79 Å². The van der Waals surface area contributed by atoms with Gasteiger partial charge in [0.1, 0.15) is 5.69 Å². The number of nitrogens with zero attached hydrogens (tertiary/aromatic N) is 2. The van der Waals surface area contributed by atoms with Crippen molar-refractivity contribution < 1.29 is 19.1 Å². The predicted molar refractivity (Wildman–Crippen MR) is 137 cm³/mol. The van der Waals surface area contributed by atoms with Crippen molar-refractivity contribution in [2.75, 3.05) is 38.7 Å². The summed E-state index contributed by atoms with van der Waals surface area (Å²) in [5, 5.41) is 3.06. The van der Waals surface area contributed by atoms with E-state index in [1.807, 2.05) is 50.2 Å². The molecular formula is C27H38N4O4. The second-order valence-electron chi connectivity index (χ2n) is 9.54. The Morgan fingerprint density at radius 3 is 2.34 bits per heavy atom. The molecule has 0 spiro atoms. The van der Waals surface area contributed by atoms with Crippen molar-refractivity contribution >= 4 is 23.5 Å². The minimum Gasteiger partial charge on any atom is -0.462 e. The number of carbonyl (C=O) groups is 3. The Kier molecular flexibility index (Phi) is 8.59. The number of nitrogens with one attached hydrogen (secondary N) is 2. The van der Waals surface area contributed by atoms with E-state index in [1.165, 1.54) is 0 Å². The highest BCUT2D eigenvalue weighted by atomic mass is 16.5. The van der Waals surface area contributed by atoms with Crippen molar-refractivity contribution in [3.8, 4) is 0 Å². The number of esters is 1. The number of aryl methyl sites for hydroxylation is 1. The van der Waals surface area contributed by atoms with Crippen LogP contribution in [0.4, 0.5) is 5.69 Å². The summed E-state index contributed by atoms with van der Waals surface area (Å²) in [7, 11) is 4.00. The van der Waals surface area contributed by atoms with Gasteiger partial charge in [-0.2, -0.15) is 0 Å². The van der Waals surface area contributed by atoms with Gasteiger partial charge in [-0.1, -0.05) is 19.1 Å². The molecule has 1 fully saturated rings. The number of piperidine rings is 1. The molecule has 2 aromatic rings. The largest absolute Gasteiger partial charge is 0.462 e. The number of H-pyrrole nitrogens is 1. The van der Waals surface area contributed by atoms with Crippen LogP contribution in [-0.2, 0) is 16.1 Å². The zero-order chi connectivity index (χ0) is 25.7. The molecule has 35 heavy (non-hydrogen) atoms. The fourth-order valence-electron chi connectivity index (χ4n) is 4.71. The molecular weight excluding hydrogens is 444 g/mol. The Morgan fingerprint density at radius 2 is 1.77 bits per heavy atom. The summed E-state index contributed by atoms with van der Waals surface area (Å²) < 4.78 is 5.13. The molecule has 2 heterocycles. The highest BCUT2D eigenvalue weighted by Crippen LogP contribution is 2.27. The van der Waals surface area contributed by atoms with Gasteiger partial charge >= 0.3 is 5.97 Å². The molecule has 0 bridgehead atoms. The summed E-state index contributed by atoms with van der Waals surface area (Å²) in [6, 6.07) is 8.14. The lowest BCUT2D eigenvalue weighted by atomic mass is 9.84. The molecule has 0 unspecified atom stereocenters. The number of amides is 2. The van der Waals surface area contributed by atoms with Crippen molar-refractivity contribution in [2.24, 2.45) is 11.8 Å². The van der Waals surface area contributed by atoms with E-state index in [-0.39, 0.29) is 30.3 Å². The highest BCUT2D eigenvalue weighted by molar-refractivity contribution is 6.00. The van der Waals surface area contributed by atoms with Crippen LogP contribution in [0.2, 0.25) is 0 Å². The van der Waals surface area contributed by atoms with Gasteiger partial charge in [0.25, 0.3) is 5.91 Å². The van der Waals surface area contributed by atoms with Crippen molar-refractivity contribution in [3.63, 3.8) is 0 Å². The number of aromatic nitrogens is 1. The lowest BCUT2D eigenvalue weighted by Crippen LogP contribution is -2.42. The Balaban J connectivity index is 1.53. The Morgan fingerprint density at radius 1 is 1.14 bits per heavy atom. The highest BCUT2D eigenvalue weighted by Gasteiger charge is 2.32. The second kappa shape index (κ2) is 11.4. The molecule has 1 aromatic heterocycles. The average Bonchev–Trinajstić information content (AvgIpc) is 3.15. The quantitative estimate of drug-likeness (QED) is 0.560. The molecule has 1 aliphatic heterocycles. The Labute approximate surface area is 208 Å². The first kappa shape index (κ1) is 26.3. The van der Waals surface area contributed by atoms with Crippen LogP contribution in [0.3, 0.4) is 0 Å². The summed E-state index contributed by atoms with van der Waals surface area (Å²) in [6.45, 7) is 9.23. The van der Waals surface area contributed by atoms with Gasteiger partial charge in [0.15, 0.2) is 0 Å². The molecule has 0 aliphatic carbocycles. The fourth-order valence-corrected chi connectivity index (χ4v) is 4.71. The number of carbonyl (C=O) groups excluding carboxylic acids is 3. The minimum atomic E-state index is -0.412. The van der Waals surface area contributed by atoms with Crippen LogP contribution >= 0.6 is 0 Å². The van der Waals surface area contributed by atoms with E-state index in [0.717, 1.165) is 24.1 Å². The van der Waals surface area contributed by atoms with Crippen molar-refractivity contribution in [1.82, 2.24) is 15.2 Å². The lowest BCUT2D eigenvalue weighted by molar-refractivity contribution is -0.126. The van der Waals surface area contributed by atoms with Crippen LogP contribution in [-0.4, -0.2) is 61.5 Å². The summed E-state index contributed by atoms with van der Waals surface area (Å²) in [6.07, 6.45) is 1.53. The lowest BCUT2D eigenvalue weighted by Gasteiger charge is -2.34. The number of hydrogen-bond donors (Lipinski definition) is 2. The van der Waals surface area contributed by atoms with Gasteiger partial charge in [0.2, 0.25) is 5.91 Å². The minimum absolute atomic E-state index is 0.0429. The smallest absolute Gasteiger partial charge is 0.340 e. The van der Waals surface area contributed by atoms with Crippen LogP contribution in [0.5, 0.6) is 0 Å². The van der Waals surface area contributed by atoms with Crippen LogP contribution in [0.1, 0.15) is 64.4 Å². The summed E-state index contributed by atoms with van der Waals surface area (Å²) >= 11 is 0. The van der Waals surface area contributed by atoms with E-state index in [0.29, 0.717) is 42.1 Å². The van der Waals surface area contributed by atoms with Gasteiger partial charge < -0.3 is 24.8 Å². The van der Waals surface area contributed by atoms with E-state index >= 15 is 0 Å². The SMILES string of the molecule is CCOC(=O)c1c(C)[nH]c(C(=O)N2CCC([C@@H](C)C(=O)NCc3ccc(N(C)C)cc3)CC2)c1C. The predicted octanol–water partition coefficient (Wildman–Crippen LogP) is 3.68. The first-order valence-electron chi connectivity index (χ1n) is 12.3. The fraction of sp³-hybridized carbons (Fsp3) is 0.519. The van der Waals surface area contributed by atoms with Crippen molar-refractivity contribution in [1.29, 1.82) is 0 Å². The Hall–Kier alpha value is -3.29. The molecule has 8 nitrogen and oxygen atoms in total. The maximum absolute atomic E-state index is 13.2. The summed E-state index contributed by atoms with van der Waals surface area (Å²) in [5.74, 6) is -0.390. The zero-order valence-electron chi connectivity index (χ0n) is 21.7. The standard InChI is InChI=1S/C27H38N4O4/c1-7-35-27(34)23-18(3)24(29-19(23)4)26(33)31-14-12-21(13-15-31)17(2)25(32)28-16-20-8-10-22(11-9-20)30(5)6/h8-11,17,21,29H,7,12-16H2,1-6H3,(H,28,32)/t17-/m1/s1. The zero-order valence-corrected chi connectivity index (χ0v) is 21.7. The number of rotatable bonds is 8. The third-order valence-electron chi connectivity index (χ3n) is 7.00. The second-order valence-corrected chi connectivity index (χ2v) is 9.54. The summed E-state index contributed by atoms with van der Waals surface area (Å²) in [4.78, 5) is 45.1. The molecule has 0 saturated carbocycles. The van der Waals surface area contributed by atoms with E-state index in [2.05, 4.69) is 10.3 Å². The van der Waals surface area contributed by atoms with Gasteiger partial charge in [-0.15, -0.1) is 0 Å². The molecule has 1 aromatic carbocycles. The number of aromatic amines is 1. The third-order valence-corrected chi connectivity index (χ3v) is 7.00. The topological polar surface area (TPSA) is 94.7 Å². The van der Waals surface area contributed by atoms with Gasteiger partial charge in [-0.3, -0.25) is 9.59 Å². The van der Waals surface area contributed by atoms with E-state index < -0.39 is 5.97 Å². The number of ether oxygens (including phenoxy) is 1. The average molecular weight is 483 g/mol. The molecule has 3 rings (SSSR count). The van der Waals surface area contributed by atoms with E-state index in [4.69, 9.17) is 4.74 Å². The molecule has 190 valence electrons. The molecule has 1 aliphatic rings. The molecule has 0 radical (unpaired) electrons. The van der Waals surface area contributed by atoms with Gasteiger partial charge in [0.05, 0.1) is 12.2 Å². The normalized spacial score (nSPS) is 15.0. The number of anilines is 1. The van der Waals surface area contributed by atoms with Gasteiger partial charge in [-0.05, 0) is 62.8 Å². The molecule has 2 amide bonds. The number of benzene rings is 1. The van der Waals surface area contributed by atoms with Crippen molar-refractivity contribution in [3.05, 3.63) is 52.3 Å². The van der Waals surface area contributed by atoms with Crippen LogP contribution in [0.25, 0.3) is 0 Å². The molecule has 1 atom stereocenters. The maximum Gasteiger partial charge on any atom is 0.340 e. The van der Waals surface area contributed by atoms with E-state index in [9.17, 15) is 14.4 Å². The molecule has 2 N–H and O–H groups in total. The first-order chi connectivity index (χ1) is 16.6. The summed E-state index contributed by atoms with van der Waals surface area (Å²) in [5.41, 5.74) is 4.33.